The lowest BCUT2D eigenvalue weighted by Crippen LogP contribution is -2.33. The Morgan fingerprint density at radius 2 is 2.05 bits per heavy atom. The molecule has 0 amide bonds. The molecule has 1 atom stereocenters. The SMILES string of the molecule is CCCNC(C)c1ccc(N(CCO)C(C)C)cn1. The molecule has 0 aliphatic heterocycles. The fourth-order valence-corrected chi connectivity index (χ4v) is 2.08. The lowest BCUT2D eigenvalue weighted by atomic mass is 10.2. The fourth-order valence-electron chi connectivity index (χ4n) is 2.08. The normalized spacial score (nSPS) is 12.7. The van der Waals surface area contributed by atoms with Gasteiger partial charge in [-0.15, -0.1) is 0 Å². The van der Waals surface area contributed by atoms with Crippen LogP contribution in [0.1, 0.15) is 45.9 Å². The molecule has 0 radical (unpaired) electrons. The predicted octanol–water partition coefficient (Wildman–Crippen LogP) is 2.35. The summed E-state index contributed by atoms with van der Waals surface area (Å²) in [5.41, 5.74) is 2.13. The minimum absolute atomic E-state index is 0.161. The van der Waals surface area contributed by atoms with Gasteiger partial charge in [0.1, 0.15) is 0 Å². The molecule has 19 heavy (non-hydrogen) atoms. The maximum absolute atomic E-state index is 9.11. The molecule has 4 nitrogen and oxygen atoms in total. The van der Waals surface area contributed by atoms with Crippen molar-refractivity contribution in [2.45, 2.75) is 46.2 Å². The molecule has 1 unspecified atom stereocenters. The standard InChI is InChI=1S/C15H27N3O/c1-5-8-16-13(4)15-7-6-14(11-17-15)18(9-10-19)12(2)3/h6-7,11-13,16,19H,5,8-10H2,1-4H3. The summed E-state index contributed by atoms with van der Waals surface area (Å²) in [6, 6.07) is 4.78. The maximum atomic E-state index is 9.11. The third-order valence-electron chi connectivity index (χ3n) is 3.21. The molecule has 0 spiro atoms. The summed E-state index contributed by atoms with van der Waals surface area (Å²) < 4.78 is 0. The smallest absolute Gasteiger partial charge is 0.0606 e. The highest BCUT2D eigenvalue weighted by atomic mass is 16.3. The summed E-state index contributed by atoms with van der Waals surface area (Å²) in [5, 5.41) is 12.5. The lowest BCUT2D eigenvalue weighted by molar-refractivity contribution is 0.299. The van der Waals surface area contributed by atoms with E-state index in [4.69, 9.17) is 5.11 Å². The van der Waals surface area contributed by atoms with Crippen molar-refractivity contribution in [3.8, 4) is 0 Å². The van der Waals surface area contributed by atoms with Gasteiger partial charge in [0.25, 0.3) is 0 Å². The molecular formula is C15H27N3O. The summed E-state index contributed by atoms with van der Waals surface area (Å²) in [7, 11) is 0. The Labute approximate surface area is 116 Å². The molecule has 0 saturated heterocycles. The number of nitrogens with zero attached hydrogens (tertiary/aromatic N) is 2. The second kappa shape index (κ2) is 8.12. The molecule has 0 aliphatic carbocycles. The van der Waals surface area contributed by atoms with Crippen LogP contribution in [0.3, 0.4) is 0 Å². The molecule has 0 aliphatic rings. The Hall–Kier alpha value is -1.13. The first-order valence-electron chi connectivity index (χ1n) is 7.17. The Balaban J connectivity index is 2.73. The minimum atomic E-state index is 0.161. The highest BCUT2D eigenvalue weighted by Gasteiger charge is 2.11. The maximum Gasteiger partial charge on any atom is 0.0606 e. The van der Waals surface area contributed by atoms with Crippen LogP contribution in [0.15, 0.2) is 18.3 Å². The summed E-state index contributed by atoms with van der Waals surface area (Å²) in [4.78, 5) is 6.68. The Morgan fingerprint density at radius 3 is 2.53 bits per heavy atom. The first-order valence-corrected chi connectivity index (χ1v) is 7.17. The fraction of sp³-hybridized carbons (Fsp3) is 0.667. The van der Waals surface area contributed by atoms with E-state index in [9.17, 15) is 0 Å². The Kier molecular flexibility index (Phi) is 6.81. The van der Waals surface area contributed by atoms with Gasteiger partial charge in [-0.1, -0.05) is 6.92 Å². The van der Waals surface area contributed by atoms with Gasteiger partial charge in [-0.25, -0.2) is 0 Å². The van der Waals surface area contributed by atoms with Crippen LogP contribution in [-0.2, 0) is 0 Å². The van der Waals surface area contributed by atoms with Gasteiger partial charge >= 0.3 is 0 Å². The molecule has 0 bridgehead atoms. The van der Waals surface area contributed by atoms with Gasteiger partial charge in [0, 0.05) is 18.6 Å². The van der Waals surface area contributed by atoms with Gasteiger partial charge in [-0.2, -0.15) is 0 Å². The van der Waals surface area contributed by atoms with Crippen LogP contribution in [-0.4, -0.2) is 35.8 Å². The van der Waals surface area contributed by atoms with E-state index in [0.717, 1.165) is 24.3 Å². The van der Waals surface area contributed by atoms with Crippen LogP contribution < -0.4 is 10.2 Å². The zero-order chi connectivity index (χ0) is 14.3. The number of aliphatic hydroxyl groups is 1. The van der Waals surface area contributed by atoms with Crippen molar-refractivity contribution in [1.82, 2.24) is 10.3 Å². The lowest BCUT2D eigenvalue weighted by Gasteiger charge is -2.28. The summed E-state index contributed by atoms with van der Waals surface area (Å²) >= 11 is 0. The molecule has 2 N–H and O–H groups in total. The minimum Gasteiger partial charge on any atom is -0.395 e. The topological polar surface area (TPSA) is 48.4 Å². The number of pyridine rings is 1. The number of aliphatic hydroxyl groups excluding tert-OH is 1. The molecule has 1 rings (SSSR count). The Bertz CT molecular complexity index is 351. The number of hydrogen-bond donors (Lipinski definition) is 2. The van der Waals surface area contributed by atoms with Crippen LogP contribution >= 0.6 is 0 Å². The number of aromatic nitrogens is 1. The third kappa shape index (κ3) is 4.80. The van der Waals surface area contributed by atoms with Crippen LogP contribution in [0.25, 0.3) is 0 Å². The number of hydrogen-bond acceptors (Lipinski definition) is 4. The van der Waals surface area contributed by atoms with E-state index in [-0.39, 0.29) is 12.6 Å². The summed E-state index contributed by atoms with van der Waals surface area (Å²) in [5.74, 6) is 0. The third-order valence-corrected chi connectivity index (χ3v) is 3.21. The molecule has 1 aromatic heterocycles. The average Bonchev–Trinajstić information content (AvgIpc) is 2.42. The van der Waals surface area contributed by atoms with Gasteiger partial charge in [0.15, 0.2) is 0 Å². The zero-order valence-corrected chi connectivity index (χ0v) is 12.6. The van der Waals surface area contributed by atoms with Gasteiger partial charge in [-0.3, -0.25) is 4.98 Å². The van der Waals surface area contributed by atoms with E-state index >= 15 is 0 Å². The van der Waals surface area contributed by atoms with Gasteiger partial charge < -0.3 is 15.3 Å². The van der Waals surface area contributed by atoms with Gasteiger partial charge in [0.2, 0.25) is 0 Å². The van der Waals surface area contributed by atoms with Gasteiger partial charge in [0.05, 0.1) is 24.2 Å². The van der Waals surface area contributed by atoms with Crippen molar-refractivity contribution < 1.29 is 5.11 Å². The first-order chi connectivity index (χ1) is 9.10. The highest BCUT2D eigenvalue weighted by Crippen LogP contribution is 2.18. The first kappa shape index (κ1) is 15.9. The number of rotatable bonds is 8. The van der Waals surface area contributed by atoms with E-state index in [2.05, 4.69) is 55.0 Å². The monoisotopic (exact) mass is 265 g/mol. The average molecular weight is 265 g/mol. The molecule has 1 heterocycles. The van der Waals surface area contributed by atoms with Crippen LogP contribution in [0, 0.1) is 0 Å². The highest BCUT2D eigenvalue weighted by molar-refractivity contribution is 5.45. The van der Waals surface area contributed by atoms with Crippen LogP contribution in [0.2, 0.25) is 0 Å². The van der Waals surface area contributed by atoms with Crippen LogP contribution in [0.5, 0.6) is 0 Å². The molecular weight excluding hydrogens is 238 g/mol. The number of anilines is 1. The van der Waals surface area contributed by atoms with Crippen molar-refractivity contribution in [2.24, 2.45) is 0 Å². The molecule has 0 aromatic carbocycles. The van der Waals surface area contributed by atoms with Crippen molar-refractivity contribution in [2.75, 3.05) is 24.6 Å². The van der Waals surface area contributed by atoms with E-state index in [1.54, 1.807) is 0 Å². The molecule has 4 heteroatoms. The summed E-state index contributed by atoms with van der Waals surface area (Å²) in [6.45, 7) is 10.3. The quantitative estimate of drug-likeness (QED) is 0.757. The van der Waals surface area contributed by atoms with Gasteiger partial charge in [-0.05, 0) is 45.9 Å². The predicted molar refractivity (Wildman–Crippen MR) is 80.5 cm³/mol. The van der Waals surface area contributed by atoms with E-state index in [1.807, 2.05) is 6.20 Å². The van der Waals surface area contributed by atoms with E-state index in [1.165, 1.54) is 0 Å². The second-order valence-corrected chi connectivity index (χ2v) is 5.13. The van der Waals surface area contributed by atoms with Crippen molar-refractivity contribution in [1.29, 1.82) is 0 Å². The largest absolute Gasteiger partial charge is 0.395 e. The van der Waals surface area contributed by atoms with E-state index < -0.39 is 0 Å². The zero-order valence-electron chi connectivity index (χ0n) is 12.6. The molecule has 0 fully saturated rings. The second-order valence-electron chi connectivity index (χ2n) is 5.13. The van der Waals surface area contributed by atoms with Crippen LogP contribution in [0.4, 0.5) is 5.69 Å². The summed E-state index contributed by atoms with van der Waals surface area (Å²) in [6.07, 6.45) is 3.02. The van der Waals surface area contributed by atoms with Crippen molar-refractivity contribution in [3.05, 3.63) is 24.0 Å². The molecule has 1 aromatic rings. The molecule has 0 saturated carbocycles. The van der Waals surface area contributed by atoms with Crippen molar-refractivity contribution >= 4 is 5.69 Å². The Morgan fingerprint density at radius 1 is 1.32 bits per heavy atom. The van der Waals surface area contributed by atoms with Crippen molar-refractivity contribution in [3.63, 3.8) is 0 Å². The number of nitrogens with one attached hydrogen (secondary N) is 1. The van der Waals surface area contributed by atoms with E-state index in [0.29, 0.717) is 12.6 Å². The molecule has 108 valence electrons.